The summed E-state index contributed by atoms with van der Waals surface area (Å²) in [7, 11) is 0. The molecule has 1 saturated carbocycles. The van der Waals surface area contributed by atoms with Crippen LogP contribution in [0.25, 0.3) is 0 Å². The number of halogens is 2. The molecule has 1 aliphatic carbocycles. The van der Waals surface area contributed by atoms with Crippen LogP contribution in [0.5, 0.6) is 0 Å². The van der Waals surface area contributed by atoms with Gasteiger partial charge in [0.05, 0.1) is 0 Å². The van der Waals surface area contributed by atoms with Crippen molar-refractivity contribution in [2.45, 2.75) is 38.5 Å². The van der Waals surface area contributed by atoms with E-state index in [2.05, 4.69) is 47.2 Å². The van der Waals surface area contributed by atoms with Crippen molar-refractivity contribution in [1.82, 2.24) is 5.32 Å². The van der Waals surface area contributed by atoms with Gasteiger partial charge < -0.3 is 11.1 Å². The van der Waals surface area contributed by atoms with E-state index in [0.29, 0.717) is 19.0 Å². The van der Waals surface area contributed by atoms with Gasteiger partial charge in [-0.05, 0) is 43.0 Å². The Bertz CT molecular complexity index is 507. The smallest absolute Gasteiger partial charge is 0.223 e. The van der Waals surface area contributed by atoms with Crippen LogP contribution in [0.4, 0.5) is 0 Å². The molecule has 2 atom stereocenters. The number of nitrogens with one attached hydrogen (secondary N) is 1. The van der Waals surface area contributed by atoms with Gasteiger partial charge in [0, 0.05) is 22.4 Å². The highest BCUT2D eigenvalue weighted by Gasteiger charge is 2.32. The molecule has 1 fully saturated rings. The van der Waals surface area contributed by atoms with Crippen molar-refractivity contribution in [3.63, 3.8) is 0 Å². The van der Waals surface area contributed by atoms with Crippen LogP contribution in [0.1, 0.15) is 38.7 Å². The largest absolute Gasteiger partial charge is 0.355 e. The lowest BCUT2D eigenvalue weighted by molar-refractivity contribution is -0.126. The van der Waals surface area contributed by atoms with E-state index in [1.54, 1.807) is 0 Å². The van der Waals surface area contributed by atoms with Crippen molar-refractivity contribution in [3.8, 4) is 0 Å². The maximum absolute atomic E-state index is 12.4. The summed E-state index contributed by atoms with van der Waals surface area (Å²) in [6, 6.07) is 8.27. The van der Waals surface area contributed by atoms with E-state index in [4.69, 9.17) is 5.73 Å². The first-order valence-corrected chi connectivity index (χ1v) is 8.47. The summed E-state index contributed by atoms with van der Waals surface area (Å²) >= 11 is 3.50. The minimum atomic E-state index is -0.0870. The zero-order valence-corrected chi connectivity index (χ0v) is 15.7. The van der Waals surface area contributed by atoms with Crippen LogP contribution in [0.2, 0.25) is 0 Å². The molecule has 0 aliphatic heterocycles. The van der Waals surface area contributed by atoms with Crippen molar-refractivity contribution in [1.29, 1.82) is 0 Å². The number of rotatable bonds is 5. The monoisotopic (exact) mass is 388 g/mol. The third-order valence-electron chi connectivity index (χ3n) is 4.61. The van der Waals surface area contributed by atoms with Crippen LogP contribution < -0.4 is 11.1 Å². The van der Waals surface area contributed by atoms with Gasteiger partial charge in [-0.15, -0.1) is 12.4 Å². The van der Waals surface area contributed by atoms with E-state index in [-0.39, 0.29) is 29.6 Å². The minimum Gasteiger partial charge on any atom is -0.355 e. The predicted octanol–water partition coefficient (Wildman–Crippen LogP) is 3.64. The highest BCUT2D eigenvalue weighted by molar-refractivity contribution is 9.10. The molecule has 124 valence electrons. The molecule has 0 bridgehead atoms. The van der Waals surface area contributed by atoms with Gasteiger partial charge in [-0.2, -0.15) is 0 Å². The average molecular weight is 390 g/mol. The first-order chi connectivity index (χ1) is 9.94. The summed E-state index contributed by atoms with van der Waals surface area (Å²) in [6.45, 7) is 5.58. The molecular weight excluding hydrogens is 364 g/mol. The van der Waals surface area contributed by atoms with Crippen molar-refractivity contribution in [2.75, 3.05) is 13.1 Å². The summed E-state index contributed by atoms with van der Waals surface area (Å²) in [5.74, 6) is 0.637. The fourth-order valence-corrected chi connectivity index (χ4v) is 3.51. The molecule has 1 amide bonds. The van der Waals surface area contributed by atoms with E-state index in [9.17, 15) is 4.79 Å². The molecule has 22 heavy (non-hydrogen) atoms. The Hall–Kier alpha value is -0.580. The summed E-state index contributed by atoms with van der Waals surface area (Å²) < 4.78 is 1.07. The van der Waals surface area contributed by atoms with Gasteiger partial charge in [0.2, 0.25) is 5.91 Å². The maximum atomic E-state index is 12.4. The van der Waals surface area contributed by atoms with Gasteiger partial charge in [0.15, 0.2) is 0 Å². The summed E-state index contributed by atoms with van der Waals surface area (Å²) in [5, 5.41) is 3.14. The van der Waals surface area contributed by atoms with Gasteiger partial charge >= 0.3 is 0 Å². The van der Waals surface area contributed by atoms with Gasteiger partial charge in [0.1, 0.15) is 0 Å². The van der Waals surface area contributed by atoms with Gasteiger partial charge in [-0.3, -0.25) is 4.79 Å². The average Bonchev–Trinajstić information content (AvgIpc) is 2.93. The minimum absolute atomic E-state index is 0. The fourth-order valence-electron chi connectivity index (χ4n) is 3.11. The SMILES string of the molecule is CC(C)(CNC(=O)[C@@H]1CCC[C@@H]1CN)c1cccc(Br)c1.Cl. The first-order valence-electron chi connectivity index (χ1n) is 7.68. The van der Waals surface area contributed by atoms with Crippen molar-refractivity contribution in [2.24, 2.45) is 17.6 Å². The highest BCUT2D eigenvalue weighted by atomic mass is 79.9. The molecule has 3 N–H and O–H groups in total. The molecule has 1 aromatic carbocycles. The molecule has 2 rings (SSSR count). The molecule has 0 heterocycles. The summed E-state index contributed by atoms with van der Waals surface area (Å²) in [4.78, 5) is 12.4. The topological polar surface area (TPSA) is 55.1 Å². The Balaban J connectivity index is 0.00000242. The standard InChI is InChI=1S/C17H25BrN2O.ClH/c1-17(2,13-6-4-7-14(18)9-13)11-20-16(21)15-8-3-5-12(15)10-19;/h4,6-7,9,12,15H,3,5,8,10-11,19H2,1-2H3,(H,20,21);1H/t12-,15-;/m1./s1. The number of hydrogen-bond acceptors (Lipinski definition) is 2. The van der Waals surface area contributed by atoms with Crippen LogP contribution in [0.3, 0.4) is 0 Å². The highest BCUT2D eigenvalue weighted by Crippen LogP contribution is 2.31. The Morgan fingerprint density at radius 1 is 1.41 bits per heavy atom. The van der Waals surface area contributed by atoms with Crippen molar-refractivity contribution in [3.05, 3.63) is 34.3 Å². The number of amides is 1. The second-order valence-corrected chi connectivity index (χ2v) is 7.56. The van der Waals surface area contributed by atoms with E-state index >= 15 is 0 Å². The molecule has 5 heteroatoms. The quantitative estimate of drug-likeness (QED) is 0.808. The molecule has 1 aromatic rings. The van der Waals surface area contributed by atoms with Gasteiger partial charge in [-0.1, -0.05) is 48.3 Å². The molecule has 0 saturated heterocycles. The normalized spacial score (nSPS) is 21.3. The number of nitrogens with two attached hydrogens (primary N) is 1. The Labute approximate surface area is 148 Å². The van der Waals surface area contributed by atoms with Crippen LogP contribution in [-0.2, 0) is 10.2 Å². The number of carbonyl (C=O) groups excluding carboxylic acids is 1. The first kappa shape index (κ1) is 19.5. The zero-order valence-electron chi connectivity index (χ0n) is 13.3. The van der Waals surface area contributed by atoms with E-state index < -0.39 is 0 Å². The Morgan fingerprint density at radius 2 is 2.14 bits per heavy atom. The lowest BCUT2D eigenvalue weighted by atomic mass is 9.84. The third kappa shape index (κ3) is 4.71. The van der Waals surface area contributed by atoms with Crippen molar-refractivity contribution < 1.29 is 4.79 Å². The lowest BCUT2D eigenvalue weighted by Crippen LogP contribution is -2.41. The second-order valence-electron chi connectivity index (χ2n) is 6.65. The maximum Gasteiger partial charge on any atom is 0.223 e. The molecule has 3 nitrogen and oxygen atoms in total. The number of benzene rings is 1. The summed E-state index contributed by atoms with van der Waals surface area (Å²) in [5.41, 5.74) is 6.90. The van der Waals surface area contributed by atoms with Crippen molar-refractivity contribution >= 4 is 34.2 Å². The van der Waals surface area contributed by atoms with Gasteiger partial charge in [-0.25, -0.2) is 0 Å². The van der Waals surface area contributed by atoms with Gasteiger partial charge in [0.25, 0.3) is 0 Å². The molecule has 1 aliphatic rings. The molecule has 0 radical (unpaired) electrons. The van der Waals surface area contributed by atoms with Crippen LogP contribution in [0, 0.1) is 11.8 Å². The van der Waals surface area contributed by atoms with E-state index in [1.165, 1.54) is 5.56 Å². The van der Waals surface area contributed by atoms with Crippen LogP contribution in [0.15, 0.2) is 28.7 Å². The molecule has 0 aromatic heterocycles. The predicted molar refractivity (Wildman–Crippen MR) is 97.3 cm³/mol. The zero-order chi connectivity index (χ0) is 15.5. The fraction of sp³-hybridized carbons (Fsp3) is 0.588. The van der Waals surface area contributed by atoms with Crippen LogP contribution >= 0.6 is 28.3 Å². The van der Waals surface area contributed by atoms with Crippen LogP contribution in [-0.4, -0.2) is 19.0 Å². The summed E-state index contributed by atoms with van der Waals surface area (Å²) in [6.07, 6.45) is 3.18. The Kier molecular flexibility index (Phi) is 7.36. The number of hydrogen-bond donors (Lipinski definition) is 2. The van der Waals surface area contributed by atoms with E-state index in [1.807, 2.05) is 12.1 Å². The molecule has 0 spiro atoms. The van der Waals surface area contributed by atoms with E-state index in [0.717, 1.165) is 23.7 Å². The second kappa shape index (κ2) is 8.32. The lowest BCUT2D eigenvalue weighted by Gasteiger charge is -2.27. The third-order valence-corrected chi connectivity index (χ3v) is 5.10. The number of carbonyl (C=O) groups is 1. The molecule has 0 unspecified atom stereocenters. The Morgan fingerprint density at radius 3 is 2.77 bits per heavy atom. The molecular formula is C17H26BrClN2O.